The molecule has 120 valence electrons. The summed E-state index contributed by atoms with van der Waals surface area (Å²) in [5.74, 6) is -0.779. The second kappa shape index (κ2) is 8.17. The fourth-order valence-corrected chi connectivity index (χ4v) is 1.99. The Kier molecular flexibility index (Phi) is 6.56. The lowest BCUT2D eigenvalue weighted by Gasteiger charge is -2.19. The highest BCUT2D eigenvalue weighted by atomic mass is 16.5. The molecule has 22 heavy (non-hydrogen) atoms. The van der Waals surface area contributed by atoms with Gasteiger partial charge in [-0.15, -0.1) is 0 Å². The molecular formula is C16H22N2O4. The van der Waals surface area contributed by atoms with Crippen LogP contribution in [0.1, 0.15) is 41.0 Å². The summed E-state index contributed by atoms with van der Waals surface area (Å²) in [6.07, 6.45) is 0.547. The van der Waals surface area contributed by atoms with E-state index < -0.39 is 12.0 Å². The standard InChI is InChI=1S/C16H22N2O4/c1-10(2)9-13(15(20)17-3)18-14(19)11-5-7-12(8-6-11)16(21)22-4/h5-8,10,13H,9H2,1-4H3,(H,17,20)(H,18,19). The molecule has 0 aliphatic carbocycles. The second-order valence-corrected chi connectivity index (χ2v) is 5.34. The molecule has 0 saturated carbocycles. The highest BCUT2D eigenvalue weighted by Crippen LogP contribution is 2.09. The number of carbonyl (C=O) groups excluding carboxylic acids is 3. The van der Waals surface area contributed by atoms with Crippen molar-refractivity contribution in [1.82, 2.24) is 10.6 Å². The molecule has 0 radical (unpaired) electrons. The van der Waals surface area contributed by atoms with Crippen LogP contribution in [0.4, 0.5) is 0 Å². The number of carbonyl (C=O) groups is 3. The van der Waals surface area contributed by atoms with E-state index in [1.54, 1.807) is 0 Å². The van der Waals surface area contributed by atoms with Crippen LogP contribution in [-0.4, -0.2) is 38.0 Å². The number of ether oxygens (including phenoxy) is 1. The van der Waals surface area contributed by atoms with Gasteiger partial charge in [0.15, 0.2) is 0 Å². The van der Waals surface area contributed by atoms with E-state index in [0.29, 0.717) is 17.5 Å². The maximum Gasteiger partial charge on any atom is 0.337 e. The maximum absolute atomic E-state index is 12.2. The number of esters is 1. The first kappa shape index (κ1) is 17.7. The van der Waals surface area contributed by atoms with Gasteiger partial charge in [-0.05, 0) is 36.6 Å². The van der Waals surface area contributed by atoms with Gasteiger partial charge in [0.05, 0.1) is 12.7 Å². The van der Waals surface area contributed by atoms with Crippen LogP contribution in [0.15, 0.2) is 24.3 Å². The van der Waals surface area contributed by atoms with Gasteiger partial charge in [-0.25, -0.2) is 4.79 Å². The zero-order chi connectivity index (χ0) is 16.7. The zero-order valence-electron chi connectivity index (χ0n) is 13.3. The number of likely N-dealkylation sites (N-methyl/N-ethyl adjacent to an activating group) is 1. The number of rotatable bonds is 6. The molecule has 0 spiro atoms. The van der Waals surface area contributed by atoms with E-state index in [1.165, 1.54) is 38.4 Å². The van der Waals surface area contributed by atoms with Crippen molar-refractivity contribution in [3.05, 3.63) is 35.4 Å². The molecule has 0 aliphatic heterocycles. The van der Waals surface area contributed by atoms with E-state index in [9.17, 15) is 14.4 Å². The molecule has 1 aromatic carbocycles. The Morgan fingerprint density at radius 3 is 2.09 bits per heavy atom. The van der Waals surface area contributed by atoms with E-state index in [0.717, 1.165) is 0 Å². The Balaban J connectivity index is 2.81. The Morgan fingerprint density at radius 1 is 1.09 bits per heavy atom. The third kappa shape index (κ3) is 4.87. The Hall–Kier alpha value is -2.37. The Morgan fingerprint density at radius 2 is 1.64 bits per heavy atom. The van der Waals surface area contributed by atoms with Crippen LogP contribution < -0.4 is 10.6 Å². The van der Waals surface area contributed by atoms with Crippen molar-refractivity contribution < 1.29 is 19.1 Å². The van der Waals surface area contributed by atoms with Gasteiger partial charge in [0.25, 0.3) is 5.91 Å². The van der Waals surface area contributed by atoms with Gasteiger partial charge in [0.2, 0.25) is 5.91 Å². The van der Waals surface area contributed by atoms with Crippen LogP contribution in [0.5, 0.6) is 0 Å². The number of amides is 2. The predicted molar refractivity (Wildman–Crippen MR) is 82.6 cm³/mol. The largest absolute Gasteiger partial charge is 0.465 e. The molecule has 1 aromatic rings. The lowest BCUT2D eigenvalue weighted by Crippen LogP contribution is -2.46. The van der Waals surface area contributed by atoms with Crippen molar-refractivity contribution in [3.8, 4) is 0 Å². The number of hydrogen-bond acceptors (Lipinski definition) is 4. The average Bonchev–Trinajstić information content (AvgIpc) is 2.52. The van der Waals surface area contributed by atoms with E-state index in [2.05, 4.69) is 15.4 Å². The molecule has 0 bridgehead atoms. The van der Waals surface area contributed by atoms with Crippen LogP contribution in [0.2, 0.25) is 0 Å². The van der Waals surface area contributed by atoms with Crippen molar-refractivity contribution in [2.45, 2.75) is 26.3 Å². The maximum atomic E-state index is 12.2. The van der Waals surface area contributed by atoms with Gasteiger partial charge in [-0.1, -0.05) is 13.8 Å². The van der Waals surface area contributed by atoms with E-state index >= 15 is 0 Å². The first-order chi connectivity index (χ1) is 10.4. The van der Waals surface area contributed by atoms with Gasteiger partial charge >= 0.3 is 5.97 Å². The summed E-state index contributed by atoms with van der Waals surface area (Å²) in [5, 5.41) is 5.25. The highest BCUT2D eigenvalue weighted by molar-refractivity contribution is 5.98. The van der Waals surface area contributed by atoms with Crippen molar-refractivity contribution in [2.24, 2.45) is 5.92 Å². The lowest BCUT2D eigenvalue weighted by atomic mass is 10.0. The summed E-state index contributed by atoms with van der Waals surface area (Å²) in [5.41, 5.74) is 0.745. The second-order valence-electron chi connectivity index (χ2n) is 5.34. The van der Waals surface area contributed by atoms with Gasteiger partial charge in [-0.2, -0.15) is 0 Å². The molecule has 6 nitrogen and oxygen atoms in total. The van der Waals surface area contributed by atoms with Gasteiger partial charge in [0.1, 0.15) is 6.04 Å². The van der Waals surface area contributed by atoms with Crippen LogP contribution in [-0.2, 0) is 9.53 Å². The molecule has 1 atom stereocenters. The molecule has 0 aromatic heterocycles. The van der Waals surface area contributed by atoms with Crippen LogP contribution >= 0.6 is 0 Å². The van der Waals surface area contributed by atoms with Crippen molar-refractivity contribution in [2.75, 3.05) is 14.2 Å². The summed E-state index contributed by atoms with van der Waals surface area (Å²) >= 11 is 0. The SMILES string of the molecule is CNC(=O)C(CC(C)C)NC(=O)c1ccc(C(=O)OC)cc1. The molecule has 1 rings (SSSR count). The van der Waals surface area contributed by atoms with Crippen molar-refractivity contribution in [3.63, 3.8) is 0 Å². The number of methoxy groups -OCH3 is 1. The summed E-state index contributed by atoms with van der Waals surface area (Å²) in [6.45, 7) is 3.96. The molecule has 2 N–H and O–H groups in total. The first-order valence-electron chi connectivity index (χ1n) is 7.09. The minimum atomic E-state index is -0.585. The summed E-state index contributed by atoms with van der Waals surface area (Å²) in [4.78, 5) is 35.4. The van der Waals surface area contributed by atoms with E-state index in [4.69, 9.17) is 0 Å². The fraction of sp³-hybridized carbons (Fsp3) is 0.438. The summed E-state index contributed by atoms with van der Waals surface area (Å²) in [6, 6.07) is 5.49. The van der Waals surface area contributed by atoms with Crippen molar-refractivity contribution >= 4 is 17.8 Å². The van der Waals surface area contributed by atoms with Crippen LogP contribution in [0.3, 0.4) is 0 Å². The molecule has 2 amide bonds. The molecule has 6 heteroatoms. The van der Waals surface area contributed by atoms with E-state index in [1.807, 2.05) is 13.8 Å². The molecule has 0 saturated heterocycles. The minimum Gasteiger partial charge on any atom is -0.465 e. The smallest absolute Gasteiger partial charge is 0.337 e. The number of benzene rings is 1. The highest BCUT2D eigenvalue weighted by Gasteiger charge is 2.21. The minimum absolute atomic E-state index is 0.228. The van der Waals surface area contributed by atoms with E-state index in [-0.39, 0.29) is 17.7 Å². The average molecular weight is 306 g/mol. The number of nitrogens with one attached hydrogen (secondary N) is 2. The first-order valence-corrected chi connectivity index (χ1v) is 7.09. The van der Waals surface area contributed by atoms with Crippen LogP contribution in [0, 0.1) is 5.92 Å². The van der Waals surface area contributed by atoms with Gasteiger partial charge in [0, 0.05) is 12.6 Å². The number of hydrogen-bond donors (Lipinski definition) is 2. The molecule has 0 fully saturated rings. The summed E-state index contributed by atoms with van der Waals surface area (Å²) in [7, 11) is 2.83. The van der Waals surface area contributed by atoms with Crippen molar-refractivity contribution in [1.29, 1.82) is 0 Å². The molecule has 1 unspecified atom stereocenters. The zero-order valence-corrected chi connectivity index (χ0v) is 13.3. The molecule has 0 heterocycles. The molecular weight excluding hydrogens is 284 g/mol. The van der Waals surface area contributed by atoms with Gasteiger partial charge < -0.3 is 15.4 Å². The monoisotopic (exact) mass is 306 g/mol. The topological polar surface area (TPSA) is 84.5 Å². The normalized spacial score (nSPS) is 11.7. The quantitative estimate of drug-likeness (QED) is 0.777. The summed E-state index contributed by atoms with van der Waals surface area (Å²) < 4.78 is 4.60. The lowest BCUT2D eigenvalue weighted by molar-refractivity contribution is -0.122. The third-order valence-corrected chi connectivity index (χ3v) is 3.14. The third-order valence-electron chi connectivity index (χ3n) is 3.14. The Bertz CT molecular complexity index is 538. The predicted octanol–water partition coefficient (Wildman–Crippen LogP) is 1.36. The van der Waals surface area contributed by atoms with Gasteiger partial charge in [-0.3, -0.25) is 9.59 Å². The molecule has 0 aliphatic rings. The fourth-order valence-electron chi connectivity index (χ4n) is 1.99. The Labute approximate surface area is 130 Å². The van der Waals surface area contributed by atoms with Crippen LogP contribution in [0.25, 0.3) is 0 Å².